The number of ether oxygens (including phenoxy) is 1. The van der Waals surface area contributed by atoms with E-state index in [1.165, 1.54) is 6.07 Å². The molecule has 6 heteroatoms. The zero-order valence-corrected chi connectivity index (χ0v) is 18.9. The van der Waals surface area contributed by atoms with Gasteiger partial charge in [-0.05, 0) is 24.0 Å². The highest BCUT2D eigenvalue weighted by Gasteiger charge is 2.46. The maximum atomic E-state index is 13.6. The lowest BCUT2D eigenvalue weighted by atomic mass is 9.87. The summed E-state index contributed by atoms with van der Waals surface area (Å²) in [7, 11) is 0. The number of amides is 1. The Morgan fingerprint density at radius 2 is 1.61 bits per heavy atom. The smallest absolute Gasteiger partial charge is 0.288 e. The quantitative estimate of drug-likeness (QED) is 0.507. The molecule has 2 aromatic carbocycles. The molecule has 0 aliphatic carbocycles. The van der Waals surface area contributed by atoms with E-state index in [0.29, 0.717) is 18.8 Å². The van der Waals surface area contributed by atoms with E-state index < -0.39 is 0 Å². The fourth-order valence-electron chi connectivity index (χ4n) is 5.00. The van der Waals surface area contributed by atoms with Crippen LogP contribution < -0.4 is 10.2 Å². The standard InChI is InChI=1S/C27H29N3O3/c1-2-3-19-33-25-22(31)15-18-28-24(25)27(32)30-17-10-16-29(30)26(28)23(20-11-6-4-7-12-20)21-13-8-5-9-14-21/h4-9,11-15,18,23,26H,2-3,10,16-17,19H2,1H3. The molecule has 2 aliphatic heterocycles. The number of pyridine rings is 1. The Labute approximate surface area is 194 Å². The van der Waals surface area contributed by atoms with E-state index in [0.717, 1.165) is 36.9 Å². The zero-order chi connectivity index (χ0) is 22.8. The number of carbonyl (C=O) groups excluding carboxylic acids is 1. The van der Waals surface area contributed by atoms with Gasteiger partial charge in [0.25, 0.3) is 5.91 Å². The summed E-state index contributed by atoms with van der Waals surface area (Å²) < 4.78 is 7.90. The van der Waals surface area contributed by atoms with E-state index in [2.05, 4.69) is 36.2 Å². The Balaban J connectivity index is 1.71. The van der Waals surface area contributed by atoms with Crippen molar-refractivity contribution < 1.29 is 9.53 Å². The first kappa shape index (κ1) is 21.5. The van der Waals surface area contributed by atoms with Gasteiger partial charge in [0, 0.05) is 31.3 Å². The minimum atomic E-state index is -0.243. The second-order valence-corrected chi connectivity index (χ2v) is 8.62. The summed E-state index contributed by atoms with van der Waals surface area (Å²) in [5.74, 6) is -0.0222. The number of hydrogen-bond acceptors (Lipinski definition) is 4. The Kier molecular flexibility index (Phi) is 6.01. The van der Waals surface area contributed by atoms with Crippen LogP contribution in [0.25, 0.3) is 0 Å². The normalized spacial score (nSPS) is 17.8. The molecular weight excluding hydrogens is 414 g/mol. The van der Waals surface area contributed by atoms with Crippen molar-refractivity contribution in [1.82, 2.24) is 14.6 Å². The fourth-order valence-corrected chi connectivity index (χ4v) is 5.00. The topological polar surface area (TPSA) is 54.8 Å². The number of rotatable bonds is 7. The molecular formula is C27H29N3O3. The van der Waals surface area contributed by atoms with Gasteiger partial charge in [0.1, 0.15) is 6.17 Å². The van der Waals surface area contributed by atoms with Crippen molar-refractivity contribution in [3.63, 3.8) is 0 Å². The third-order valence-electron chi connectivity index (χ3n) is 6.54. The van der Waals surface area contributed by atoms with E-state index in [9.17, 15) is 9.59 Å². The molecule has 1 unspecified atom stereocenters. The van der Waals surface area contributed by atoms with Gasteiger partial charge in [-0.1, -0.05) is 74.0 Å². The number of nitrogens with zero attached hydrogens (tertiary/aromatic N) is 3. The van der Waals surface area contributed by atoms with E-state index in [-0.39, 0.29) is 29.2 Å². The van der Waals surface area contributed by atoms with Crippen molar-refractivity contribution in [2.45, 2.75) is 38.3 Å². The predicted octanol–water partition coefficient (Wildman–Crippen LogP) is 4.43. The monoisotopic (exact) mass is 443 g/mol. The summed E-state index contributed by atoms with van der Waals surface area (Å²) in [5.41, 5.74) is 2.44. The highest BCUT2D eigenvalue weighted by Crippen LogP contribution is 2.43. The molecule has 1 saturated heterocycles. The molecule has 0 radical (unpaired) electrons. The predicted molar refractivity (Wildman–Crippen MR) is 127 cm³/mol. The van der Waals surface area contributed by atoms with Crippen molar-refractivity contribution in [3.8, 4) is 5.75 Å². The largest absolute Gasteiger partial charge is 0.487 e. The molecule has 5 rings (SSSR count). The van der Waals surface area contributed by atoms with Gasteiger partial charge < -0.3 is 9.30 Å². The van der Waals surface area contributed by atoms with Crippen LogP contribution in [0.2, 0.25) is 0 Å². The van der Waals surface area contributed by atoms with Gasteiger partial charge in [0.15, 0.2) is 11.4 Å². The summed E-state index contributed by atoms with van der Waals surface area (Å²) in [5, 5.41) is 3.98. The van der Waals surface area contributed by atoms with E-state index in [1.54, 1.807) is 6.20 Å². The lowest BCUT2D eigenvalue weighted by Gasteiger charge is -2.45. The third-order valence-corrected chi connectivity index (χ3v) is 6.54. The van der Waals surface area contributed by atoms with Gasteiger partial charge in [0.05, 0.1) is 6.61 Å². The maximum absolute atomic E-state index is 13.6. The second-order valence-electron chi connectivity index (χ2n) is 8.62. The van der Waals surface area contributed by atoms with E-state index in [1.807, 2.05) is 46.0 Å². The Bertz CT molecular complexity index is 1140. The van der Waals surface area contributed by atoms with Gasteiger partial charge in [-0.3, -0.25) is 14.6 Å². The highest BCUT2D eigenvalue weighted by molar-refractivity contribution is 5.95. The summed E-state index contributed by atoms with van der Waals surface area (Å²) >= 11 is 0. The minimum Gasteiger partial charge on any atom is -0.487 e. The molecule has 0 bridgehead atoms. The average Bonchev–Trinajstić information content (AvgIpc) is 3.34. The first-order valence-corrected chi connectivity index (χ1v) is 11.8. The lowest BCUT2D eigenvalue weighted by Crippen LogP contribution is -2.53. The van der Waals surface area contributed by atoms with Gasteiger partial charge in [0.2, 0.25) is 5.43 Å². The van der Waals surface area contributed by atoms with Gasteiger partial charge >= 0.3 is 0 Å². The molecule has 1 atom stereocenters. The molecule has 170 valence electrons. The maximum Gasteiger partial charge on any atom is 0.288 e. The van der Waals surface area contributed by atoms with Crippen molar-refractivity contribution >= 4 is 5.91 Å². The van der Waals surface area contributed by atoms with Gasteiger partial charge in [-0.2, -0.15) is 5.01 Å². The number of hydrazine groups is 1. The van der Waals surface area contributed by atoms with E-state index in [4.69, 9.17) is 4.74 Å². The first-order chi connectivity index (χ1) is 16.2. The summed E-state index contributed by atoms with van der Waals surface area (Å²) in [4.78, 5) is 26.4. The van der Waals surface area contributed by atoms with Crippen molar-refractivity contribution in [2.24, 2.45) is 0 Å². The Morgan fingerprint density at radius 1 is 0.939 bits per heavy atom. The van der Waals surface area contributed by atoms with Crippen LogP contribution in [0.15, 0.2) is 77.7 Å². The molecule has 1 fully saturated rings. The van der Waals surface area contributed by atoms with Crippen LogP contribution in [-0.4, -0.2) is 40.2 Å². The highest BCUT2D eigenvalue weighted by atomic mass is 16.5. The number of carbonyl (C=O) groups is 1. The second kappa shape index (κ2) is 9.24. The first-order valence-electron chi connectivity index (χ1n) is 11.8. The van der Waals surface area contributed by atoms with Crippen LogP contribution in [0.4, 0.5) is 0 Å². The van der Waals surface area contributed by atoms with Crippen molar-refractivity contribution in [1.29, 1.82) is 0 Å². The van der Waals surface area contributed by atoms with Crippen molar-refractivity contribution in [3.05, 3.63) is 100.0 Å². The number of hydrogen-bond donors (Lipinski definition) is 0. The SMILES string of the molecule is CCCCOc1c2n(ccc1=O)C(C(c1ccccc1)c1ccccc1)N1CCCN1C2=O. The van der Waals surface area contributed by atoms with Crippen LogP contribution in [0.3, 0.4) is 0 Å². The fraction of sp³-hybridized carbons (Fsp3) is 0.333. The van der Waals surface area contributed by atoms with Crippen LogP contribution in [0.1, 0.15) is 59.9 Å². The molecule has 0 saturated carbocycles. The average molecular weight is 444 g/mol. The molecule has 1 aromatic heterocycles. The van der Waals surface area contributed by atoms with Gasteiger partial charge in [-0.25, -0.2) is 0 Å². The Hall–Kier alpha value is -3.38. The lowest BCUT2D eigenvalue weighted by molar-refractivity contribution is -0.0485. The number of aromatic nitrogens is 1. The summed E-state index contributed by atoms with van der Waals surface area (Å²) in [6.45, 7) is 3.92. The van der Waals surface area contributed by atoms with E-state index >= 15 is 0 Å². The van der Waals surface area contributed by atoms with Crippen molar-refractivity contribution in [2.75, 3.05) is 19.7 Å². The Morgan fingerprint density at radius 3 is 2.24 bits per heavy atom. The summed E-state index contributed by atoms with van der Waals surface area (Å²) in [6, 6.07) is 22.3. The van der Waals surface area contributed by atoms with Crippen LogP contribution in [0.5, 0.6) is 5.75 Å². The zero-order valence-electron chi connectivity index (χ0n) is 18.9. The van der Waals surface area contributed by atoms with Crippen LogP contribution >= 0.6 is 0 Å². The minimum absolute atomic E-state index is 0.0363. The molecule has 33 heavy (non-hydrogen) atoms. The molecule has 2 aliphatic rings. The number of fused-ring (bicyclic) bond motifs is 2. The number of unbranched alkanes of at least 4 members (excludes halogenated alkanes) is 1. The molecule has 6 nitrogen and oxygen atoms in total. The van der Waals surface area contributed by atoms with Crippen LogP contribution in [-0.2, 0) is 0 Å². The summed E-state index contributed by atoms with van der Waals surface area (Å²) in [6.07, 6.45) is 4.25. The number of benzene rings is 2. The molecule has 3 heterocycles. The van der Waals surface area contributed by atoms with Crippen LogP contribution in [0, 0.1) is 0 Å². The molecule has 0 N–H and O–H groups in total. The van der Waals surface area contributed by atoms with Gasteiger partial charge in [-0.15, -0.1) is 0 Å². The molecule has 1 amide bonds. The third kappa shape index (κ3) is 3.85. The molecule has 0 spiro atoms. The molecule has 3 aromatic rings.